The molecular weight excluding hydrogens is 368 g/mol. The third-order valence-corrected chi connectivity index (χ3v) is 5.59. The molecule has 140 valence electrons. The van der Waals surface area contributed by atoms with Gasteiger partial charge in [0, 0.05) is 30.0 Å². The van der Waals surface area contributed by atoms with Gasteiger partial charge in [-0.3, -0.25) is 9.59 Å². The van der Waals surface area contributed by atoms with E-state index >= 15 is 0 Å². The minimum atomic E-state index is -3.43. The molecule has 0 aromatic heterocycles. The van der Waals surface area contributed by atoms with Crippen LogP contribution in [0.4, 0.5) is 11.4 Å². The second-order valence-corrected chi connectivity index (χ2v) is 8.40. The van der Waals surface area contributed by atoms with Gasteiger partial charge in [0.05, 0.1) is 11.3 Å². The second-order valence-electron chi connectivity index (χ2n) is 6.65. The molecule has 2 amide bonds. The number of hydrogen-bond acceptors (Lipinski definition) is 5. The van der Waals surface area contributed by atoms with Gasteiger partial charge >= 0.3 is 0 Å². The number of nitrogens with one attached hydrogen (secondary N) is 2. The van der Waals surface area contributed by atoms with E-state index in [0.717, 1.165) is 12.8 Å². The van der Waals surface area contributed by atoms with Crippen molar-refractivity contribution in [2.24, 2.45) is 10.3 Å². The predicted molar refractivity (Wildman–Crippen MR) is 102 cm³/mol. The van der Waals surface area contributed by atoms with Gasteiger partial charge in [-0.05, 0) is 43.2 Å². The lowest BCUT2D eigenvalue weighted by atomic mass is 10.1. The molecule has 4 rings (SSSR count). The number of nitrogens with zero attached hydrogens (tertiary/aromatic N) is 2. The number of fused-ring (bicyclic) bond motifs is 1. The topological polar surface area (TPSA) is 108 Å². The van der Waals surface area contributed by atoms with Crippen LogP contribution in [0, 0.1) is 5.92 Å². The fraction of sp³-hybridized carbons (Fsp3) is 0.278. The zero-order valence-electron chi connectivity index (χ0n) is 14.4. The van der Waals surface area contributed by atoms with E-state index in [1.54, 1.807) is 35.4 Å². The summed E-state index contributed by atoms with van der Waals surface area (Å²) in [5, 5.41) is 5.63. The van der Waals surface area contributed by atoms with E-state index in [2.05, 4.69) is 15.0 Å². The molecule has 0 radical (unpaired) electrons. The summed E-state index contributed by atoms with van der Waals surface area (Å²) < 4.78 is 26.8. The molecule has 1 fully saturated rings. The van der Waals surface area contributed by atoms with Gasteiger partial charge < -0.3 is 15.5 Å². The summed E-state index contributed by atoms with van der Waals surface area (Å²) >= 11 is 0. The number of amides is 2. The highest BCUT2D eigenvalue weighted by molar-refractivity contribution is 7.90. The number of benzene rings is 1. The number of amidine groups is 1. The molecular formula is C18H18N4O4S. The molecule has 8 nitrogen and oxygen atoms in total. The quantitative estimate of drug-likeness (QED) is 0.815. The Bertz CT molecular complexity index is 1010. The Morgan fingerprint density at radius 2 is 1.85 bits per heavy atom. The average Bonchev–Trinajstić information content (AvgIpc) is 3.46. The van der Waals surface area contributed by atoms with Crippen LogP contribution in [0.5, 0.6) is 0 Å². The lowest BCUT2D eigenvalue weighted by Crippen LogP contribution is -2.37. The van der Waals surface area contributed by atoms with Crippen molar-refractivity contribution in [3.63, 3.8) is 0 Å². The average molecular weight is 386 g/mol. The summed E-state index contributed by atoms with van der Waals surface area (Å²) in [5.41, 5.74) is 1.58. The molecule has 3 aliphatic rings. The van der Waals surface area contributed by atoms with Crippen LogP contribution in [-0.2, 0) is 19.6 Å². The van der Waals surface area contributed by atoms with Gasteiger partial charge in [0.1, 0.15) is 5.84 Å². The minimum absolute atomic E-state index is 0.00302. The molecule has 1 aromatic rings. The van der Waals surface area contributed by atoms with E-state index < -0.39 is 10.0 Å². The van der Waals surface area contributed by atoms with Gasteiger partial charge in [-0.15, -0.1) is 4.40 Å². The lowest BCUT2D eigenvalue weighted by molar-refractivity contribution is -0.117. The van der Waals surface area contributed by atoms with Crippen LogP contribution in [0.25, 0.3) is 0 Å². The Labute approximate surface area is 156 Å². The molecule has 1 saturated carbocycles. The first-order valence-electron chi connectivity index (χ1n) is 8.61. The number of rotatable bonds is 4. The van der Waals surface area contributed by atoms with Crippen LogP contribution >= 0.6 is 0 Å². The summed E-state index contributed by atoms with van der Waals surface area (Å²) in [6.07, 6.45) is 6.47. The van der Waals surface area contributed by atoms with Crippen molar-refractivity contribution in [1.29, 1.82) is 0 Å². The third kappa shape index (κ3) is 4.08. The first-order chi connectivity index (χ1) is 12.9. The second kappa shape index (κ2) is 6.66. The van der Waals surface area contributed by atoms with Crippen molar-refractivity contribution >= 4 is 39.0 Å². The van der Waals surface area contributed by atoms with E-state index in [9.17, 15) is 18.0 Å². The van der Waals surface area contributed by atoms with Crippen LogP contribution in [0.3, 0.4) is 0 Å². The Morgan fingerprint density at radius 1 is 1.11 bits per heavy atom. The maximum atomic E-state index is 12.5. The lowest BCUT2D eigenvalue weighted by Gasteiger charge is -2.26. The summed E-state index contributed by atoms with van der Waals surface area (Å²) in [5.74, 6) is -0.00128. The summed E-state index contributed by atoms with van der Waals surface area (Å²) in [7, 11) is -3.43. The zero-order chi connectivity index (χ0) is 19.0. The highest BCUT2D eigenvalue weighted by Crippen LogP contribution is 2.30. The molecule has 0 saturated heterocycles. The van der Waals surface area contributed by atoms with E-state index in [4.69, 9.17) is 0 Å². The number of carbonyl (C=O) groups is 2. The summed E-state index contributed by atoms with van der Waals surface area (Å²) in [4.78, 5) is 26.0. The van der Waals surface area contributed by atoms with Crippen molar-refractivity contribution < 1.29 is 18.0 Å². The van der Waals surface area contributed by atoms with Crippen molar-refractivity contribution in [2.75, 3.05) is 22.9 Å². The Morgan fingerprint density at radius 3 is 2.59 bits per heavy atom. The molecule has 1 aliphatic carbocycles. The van der Waals surface area contributed by atoms with E-state index in [1.807, 2.05) is 0 Å². The maximum absolute atomic E-state index is 12.5. The molecule has 0 spiro atoms. The molecule has 2 N–H and O–H groups in total. The number of hydrogen-bond donors (Lipinski definition) is 2. The minimum Gasteiger partial charge on any atom is -0.330 e. The van der Waals surface area contributed by atoms with Gasteiger partial charge in [-0.2, -0.15) is 0 Å². The van der Waals surface area contributed by atoms with Crippen molar-refractivity contribution in [2.45, 2.75) is 12.8 Å². The van der Waals surface area contributed by atoms with Gasteiger partial charge in [-0.25, -0.2) is 8.42 Å². The highest BCUT2D eigenvalue weighted by Gasteiger charge is 2.29. The zero-order valence-corrected chi connectivity index (χ0v) is 15.2. The number of carbonyl (C=O) groups excluding carboxylic acids is 2. The third-order valence-electron chi connectivity index (χ3n) is 4.42. The summed E-state index contributed by atoms with van der Waals surface area (Å²) in [6.45, 7) is 0.255. The molecule has 2 aliphatic heterocycles. The van der Waals surface area contributed by atoms with E-state index in [1.165, 1.54) is 12.2 Å². The molecule has 0 unspecified atom stereocenters. The Balaban J connectivity index is 1.44. The standard InChI is InChI=1S/C18H18N4O4S/c23-17(12-4-5-12)19-14-2-1-3-15(10-14)20-18(24)13-6-7-16-21-27(25,26)9-8-22(16)11-13/h1-3,6-7,10-12H,4-5,8-9H2,(H,19,23)(H,20,24). The Kier molecular flexibility index (Phi) is 4.31. The van der Waals surface area contributed by atoms with Gasteiger partial charge in [-0.1, -0.05) is 6.07 Å². The van der Waals surface area contributed by atoms with Gasteiger partial charge in [0.2, 0.25) is 5.91 Å². The molecule has 9 heteroatoms. The normalized spacial score (nSPS) is 20.2. The van der Waals surface area contributed by atoms with Crippen molar-refractivity contribution in [3.8, 4) is 0 Å². The van der Waals surface area contributed by atoms with Crippen LogP contribution in [0.15, 0.2) is 52.6 Å². The fourth-order valence-electron chi connectivity index (χ4n) is 2.80. The molecule has 0 bridgehead atoms. The first kappa shape index (κ1) is 17.5. The molecule has 2 heterocycles. The molecule has 27 heavy (non-hydrogen) atoms. The first-order valence-corrected chi connectivity index (χ1v) is 10.2. The van der Waals surface area contributed by atoms with E-state index in [-0.39, 0.29) is 30.0 Å². The maximum Gasteiger partial charge on any atom is 0.257 e. The molecule has 0 atom stereocenters. The number of anilines is 2. The smallest absolute Gasteiger partial charge is 0.257 e. The van der Waals surface area contributed by atoms with Crippen LogP contribution in [0.1, 0.15) is 12.8 Å². The fourth-order valence-corrected chi connectivity index (χ4v) is 3.77. The SMILES string of the molecule is O=C(Nc1cccc(NC(=O)C2CC2)c1)C1=CN2CCS(=O)(=O)N=C2C=C1. The van der Waals surface area contributed by atoms with Gasteiger partial charge in [0.25, 0.3) is 15.9 Å². The predicted octanol–water partition coefficient (Wildman–Crippen LogP) is 1.47. The Hall–Kier alpha value is -2.94. The van der Waals surface area contributed by atoms with Crippen molar-refractivity contribution in [1.82, 2.24) is 4.90 Å². The largest absolute Gasteiger partial charge is 0.330 e. The van der Waals surface area contributed by atoms with Crippen LogP contribution < -0.4 is 10.6 Å². The molecule has 1 aromatic carbocycles. The summed E-state index contributed by atoms with van der Waals surface area (Å²) in [6, 6.07) is 6.96. The highest BCUT2D eigenvalue weighted by atomic mass is 32.2. The van der Waals surface area contributed by atoms with Crippen molar-refractivity contribution in [3.05, 3.63) is 48.2 Å². The van der Waals surface area contributed by atoms with Crippen LogP contribution in [-0.4, -0.2) is 43.3 Å². The van der Waals surface area contributed by atoms with Crippen LogP contribution in [0.2, 0.25) is 0 Å². The monoisotopic (exact) mass is 386 g/mol. The van der Waals surface area contributed by atoms with Gasteiger partial charge in [0.15, 0.2) is 0 Å². The number of sulfonamides is 1. The van der Waals surface area contributed by atoms with E-state index in [0.29, 0.717) is 22.8 Å².